The summed E-state index contributed by atoms with van der Waals surface area (Å²) in [7, 11) is 0. The smallest absolute Gasteiger partial charge is 0.0416 e. The molecule has 1 nitrogen and oxygen atoms in total. The zero-order valence-corrected chi connectivity index (χ0v) is 21.9. The maximum atomic E-state index is 2.37. The van der Waals surface area contributed by atoms with E-state index >= 15 is 0 Å². The number of hydrogen-bond donors (Lipinski definition) is 0. The van der Waals surface area contributed by atoms with Crippen molar-refractivity contribution in [2.24, 2.45) is 0 Å². The topological polar surface area (TPSA) is 3.24 Å². The Hall–Kier alpha value is -4.62. The molecule has 1 heteroatoms. The maximum absolute atomic E-state index is 2.37. The van der Waals surface area contributed by atoms with E-state index in [1.54, 1.807) is 0 Å². The minimum atomic E-state index is 0.896. The SMILES string of the molecule is CCN(c1ccc(-c2ccc3cccc(-c4ccccc4)c3c2)cc1)c1cccc(-c2cccc(C)c2)c1. The fraction of sp³-hybridized carbons (Fsp3) is 0.0811. The van der Waals surface area contributed by atoms with Gasteiger partial charge in [0.15, 0.2) is 0 Å². The lowest BCUT2D eigenvalue weighted by molar-refractivity contribution is 1.02. The van der Waals surface area contributed by atoms with Crippen LogP contribution in [-0.4, -0.2) is 6.54 Å². The third-order valence-corrected chi connectivity index (χ3v) is 7.30. The molecule has 0 saturated heterocycles. The minimum Gasteiger partial charge on any atom is -0.342 e. The van der Waals surface area contributed by atoms with Crippen molar-refractivity contribution in [3.63, 3.8) is 0 Å². The molecule has 6 aromatic carbocycles. The normalized spacial score (nSPS) is 11.0. The summed E-state index contributed by atoms with van der Waals surface area (Å²) in [5.41, 5.74) is 11.2. The van der Waals surface area contributed by atoms with Crippen LogP contribution in [0.3, 0.4) is 0 Å². The van der Waals surface area contributed by atoms with Crippen LogP contribution in [0, 0.1) is 6.92 Å². The van der Waals surface area contributed by atoms with E-state index in [1.165, 1.54) is 61.1 Å². The lowest BCUT2D eigenvalue weighted by Gasteiger charge is -2.24. The lowest BCUT2D eigenvalue weighted by atomic mass is 9.95. The Bertz CT molecular complexity index is 1700. The number of hydrogen-bond acceptors (Lipinski definition) is 1. The first-order chi connectivity index (χ1) is 18.7. The quantitative estimate of drug-likeness (QED) is 0.225. The number of fused-ring (bicyclic) bond motifs is 1. The predicted octanol–water partition coefficient (Wildman–Crippen LogP) is 10.3. The van der Waals surface area contributed by atoms with Crippen LogP contribution in [0.5, 0.6) is 0 Å². The second kappa shape index (κ2) is 10.4. The average Bonchev–Trinajstić information content (AvgIpc) is 2.98. The molecule has 0 aromatic heterocycles. The van der Waals surface area contributed by atoms with Gasteiger partial charge in [-0.2, -0.15) is 0 Å². The molecule has 0 saturated carbocycles. The highest BCUT2D eigenvalue weighted by Gasteiger charge is 2.11. The molecule has 0 spiro atoms. The van der Waals surface area contributed by atoms with Gasteiger partial charge in [0.2, 0.25) is 0 Å². The molecule has 38 heavy (non-hydrogen) atoms. The third kappa shape index (κ3) is 4.71. The number of nitrogens with zero attached hydrogens (tertiary/aromatic N) is 1. The molecule has 0 bridgehead atoms. The van der Waals surface area contributed by atoms with Gasteiger partial charge in [-0.05, 0) is 88.3 Å². The largest absolute Gasteiger partial charge is 0.342 e. The van der Waals surface area contributed by atoms with Crippen LogP contribution >= 0.6 is 0 Å². The van der Waals surface area contributed by atoms with Crippen LogP contribution in [0.2, 0.25) is 0 Å². The molecule has 0 N–H and O–H groups in total. The molecule has 184 valence electrons. The Morgan fingerprint density at radius 3 is 1.89 bits per heavy atom. The minimum absolute atomic E-state index is 0.896. The summed E-state index contributed by atoms with van der Waals surface area (Å²) in [6, 6.07) is 50.5. The highest BCUT2D eigenvalue weighted by Crippen LogP contribution is 2.34. The van der Waals surface area contributed by atoms with Gasteiger partial charge in [0.1, 0.15) is 0 Å². The summed E-state index contributed by atoms with van der Waals surface area (Å²) in [6.07, 6.45) is 0. The van der Waals surface area contributed by atoms with Crippen LogP contribution in [0.15, 0.2) is 140 Å². The molecule has 0 unspecified atom stereocenters. The van der Waals surface area contributed by atoms with Gasteiger partial charge in [-0.25, -0.2) is 0 Å². The van der Waals surface area contributed by atoms with Crippen molar-refractivity contribution in [3.8, 4) is 33.4 Å². The van der Waals surface area contributed by atoms with Crippen molar-refractivity contribution in [1.29, 1.82) is 0 Å². The Kier molecular flexibility index (Phi) is 6.50. The maximum Gasteiger partial charge on any atom is 0.0416 e. The number of benzene rings is 6. The fourth-order valence-corrected chi connectivity index (χ4v) is 5.35. The van der Waals surface area contributed by atoms with Gasteiger partial charge in [-0.3, -0.25) is 0 Å². The Morgan fingerprint density at radius 2 is 1.13 bits per heavy atom. The van der Waals surface area contributed by atoms with Crippen molar-refractivity contribution in [3.05, 3.63) is 145 Å². The summed E-state index contributed by atoms with van der Waals surface area (Å²) in [4.78, 5) is 2.37. The molecule has 0 heterocycles. The van der Waals surface area contributed by atoms with Crippen molar-refractivity contribution < 1.29 is 0 Å². The van der Waals surface area contributed by atoms with Crippen LogP contribution in [0.25, 0.3) is 44.2 Å². The Balaban J connectivity index is 1.32. The summed E-state index contributed by atoms with van der Waals surface area (Å²) in [6.45, 7) is 5.25. The van der Waals surface area contributed by atoms with E-state index in [1.807, 2.05) is 0 Å². The average molecular weight is 490 g/mol. The summed E-state index contributed by atoms with van der Waals surface area (Å²) in [5, 5.41) is 2.54. The van der Waals surface area contributed by atoms with Crippen LogP contribution in [0.1, 0.15) is 12.5 Å². The molecule has 0 aliphatic heterocycles. The van der Waals surface area contributed by atoms with Crippen molar-refractivity contribution in [2.75, 3.05) is 11.4 Å². The first kappa shape index (κ1) is 23.8. The van der Waals surface area contributed by atoms with Crippen molar-refractivity contribution >= 4 is 22.1 Å². The van der Waals surface area contributed by atoms with E-state index in [4.69, 9.17) is 0 Å². The molecule has 6 aromatic rings. The number of anilines is 2. The van der Waals surface area contributed by atoms with Gasteiger partial charge in [-0.1, -0.05) is 115 Å². The first-order valence-electron chi connectivity index (χ1n) is 13.3. The second-order valence-corrected chi connectivity index (χ2v) is 9.82. The number of rotatable bonds is 6. The summed E-state index contributed by atoms with van der Waals surface area (Å²) < 4.78 is 0. The molecule has 0 atom stereocenters. The first-order valence-corrected chi connectivity index (χ1v) is 13.3. The molecular weight excluding hydrogens is 458 g/mol. The van der Waals surface area contributed by atoms with E-state index in [0.717, 1.165) is 6.54 Å². The van der Waals surface area contributed by atoms with Gasteiger partial charge in [0.05, 0.1) is 0 Å². The fourth-order valence-electron chi connectivity index (χ4n) is 5.35. The lowest BCUT2D eigenvalue weighted by Crippen LogP contribution is -2.15. The van der Waals surface area contributed by atoms with E-state index in [0.29, 0.717) is 0 Å². The Labute approximate surface area is 225 Å². The van der Waals surface area contributed by atoms with Gasteiger partial charge in [0, 0.05) is 17.9 Å². The highest BCUT2D eigenvalue weighted by atomic mass is 15.1. The van der Waals surface area contributed by atoms with Crippen LogP contribution in [-0.2, 0) is 0 Å². The zero-order chi connectivity index (χ0) is 25.9. The van der Waals surface area contributed by atoms with E-state index < -0.39 is 0 Å². The molecule has 0 aliphatic carbocycles. The second-order valence-electron chi connectivity index (χ2n) is 9.82. The monoisotopic (exact) mass is 489 g/mol. The molecule has 6 rings (SSSR count). The van der Waals surface area contributed by atoms with Crippen LogP contribution < -0.4 is 4.90 Å². The van der Waals surface area contributed by atoms with Crippen molar-refractivity contribution in [1.82, 2.24) is 0 Å². The third-order valence-electron chi connectivity index (χ3n) is 7.30. The summed E-state index contributed by atoms with van der Waals surface area (Å²) >= 11 is 0. The molecule has 0 radical (unpaired) electrons. The van der Waals surface area contributed by atoms with Gasteiger partial charge >= 0.3 is 0 Å². The molecule has 0 amide bonds. The van der Waals surface area contributed by atoms with Crippen LogP contribution in [0.4, 0.5) is 11.4 Å². The zero-order valence-electron chi connectivity index (χ0n) is 21.9. The van der Waals surface area contributed by atoms with Gasteiger partial charge in [-0.15, -0.1) is 0 Å². The van der Waals surface area contributed by atoms with Gasteiger partial charge in [0.25, 0.3) is 0 Å². The van der Waals surface area contributed by atoms with E-state index in [2.05, 4.69) is 158 Å². The number of aryl methyl sites for hydroxylation is 1. The Morgan fingerprint density at radius 1 is 0.474 bits per heavy atom. The van der Waals surface area contributed by atoms with E-state index in [9.17, 15) is 0 Å². The standard InChI is InChI=1S/C37H31N/c1-3-38(35-16-8-15-32(25-35)31-14-7-10-27(2)24-31)34-22-20-28(21-23-34)33-19-18-30-13-9-17-36(37(30)26-33)29-11-5-4-6-12-29/h4-26H,3H2,1-2H3. The molecule has 0 aliphatic rings. The van der Waals surface area contributed by atoms with Crippen molar-refractivity contribution in [2.45, 2.75) is 13.8 Å². The highest BCUT2D eigenvalue weighted by molar-refractivity contribution is 5.99. The molecule has 0 fully saturated rings. The molecular formula is C37H31N. The summed E-state index contributed by atoms with van der Waals surface area (Å²) in [5.74, 6) is 0. The van der Waals surface area contributed by atoms with Gasteiger partial charge < -0.3 is 4.90 Å². The predicted molar refractivity (Wildman–Crippen MR) is 164 cm³/mol. The van der Waals surface area contributed by atoms with E-state index in [-0.39, 0.29) is 0 Å².